The lowest BCUT2D eigenvalue weighted by Gasteiger charge is -2.07. The van der Waals surface area contributed by atoms with Gasteiger partial charge in [0.15, 0.2) is 0 Å². The summed E-state index contributed by atoms with van der Waals surface area (Å²) in [5.41, 5.74) is 0.615. The van der Waals surface area contributed by atoms with Gasteiger partial charge in [-0.25, -0.2) is 0 Å². The maximum Gasteiger partial charge on any atom is 0.252 e. The fourth-order valence-corrected chi connectivity index (χ4v) is 2.00. The molecule has 0 bridgehead atoms. The van der Waals surface area contributed by atoms with Gasteiger partial charge in [-0.2, -0.15) is 0 Å². The van der Waals surface area contributed by atoms with Gasteiger partial charge in [0.2, 0.25) is 0 Å². The molecule has 0 aliphatic rings. The summed E-state index contributed by atoms with van der Waals surface area (Å²) >= 11 is 6.68. The summed E-state index contributed by atoms with van der Waals surface area (Å²) < 4.78 is 6.61. The van der Waals surface area contributed by atoms with Crippen molar-refractivity contribution in [2.24, 2.45) is 0 Å². The Hall–Kier alpha value is -0.810. The Morgan fingerprint density at radius 2 is 2.24 bits per heavy atom. The molecule has 1 rings (SSSR count). The first kappa shape index (κ1) is 14.3. The second-order valence-corrected chi connectivity index (χ2v) is 5.04. The minimum Gasteiger partial charge on any atom is -0.502 e. The number of benzene rings is 1. The van der Waals surface area contributed by atoms with Crippen LogP contribution in [0.4, 0.5) is 0 Å². The van der Waals surface area contributed by atoms with E-state index < -0.39 is 0 Å². The molecule has 0 saturated heterocycles. The maximum absolute atomic E-state index is 11.8. The molecule has 92 valence electrons. The van der Waals surface area contributed by atoms with Crippen LogP contribution in [0.3, 0.4) is 0 Å². The van der Waals surface area contributed by atoms with Gasteiger partial charge in [-0.3, -0.25) is 4.79 Å². The number of nitrogens with one attached hydrogen (secondary N) is 1. The van der Waals surface area contributed by atoms with Gasteiger partial charge in [-0.15, -0.1) is 0 Å². The second-order valence-electron chi connectivity index (χ2n) is 3.27. The third-order valence-corrected chi connectivity index (χ3v) is 3.20. The van der Waals surface area contributed by atoms with Crippen LogP contribution in [-0.2, 0) is 4.74 Å². The van der Waals surface area contributed by atoms with E-state index in [0.717, 1.165) is 15.4 Å². The molecular weight excluding hydrogens is 350 g/mol. The fourth-order valence-electron chi connectivity index (χ4n) is 1.21. The van der Waals surface area contributed by atoms with Crippen LogP contribution in [-0.4, -0.2) is 19.1 Å². The van der Waals surface area contributed by atoms with Crippen molar-refractivity contribution in [2.75, 3.05) is 13.2 Å². The SMILES string of the molecule is C=COCCCNC(=O)c1cc(Br)ccc1Br. The Kier molecular flexibility index (Phi) is 6.29. The van der Waals surface area contributed by atoms with E-state index in [4.69, 9.17) is 4.74 Å². The van der Waals surface area contributed by atoms with E-state index in [0.29, 0.717) is 18.7 Å². The standard InChI is InChI=1S/C12H13Br2NO2/c1-2-17-7-3-6-15-12(16)10-8-9(13)4-5-11(10)14/h2,4-5,8H,1,3,6-7H2,(H,15,16). The highest BCUT2D eigenvalue weighted by Gasteiger charge is 2.09. The molecule has 17 heavy (non-hydrogen) atoms. The van der Waals surface area contributed by atoms with Crippen molar-refractivity contribution in [3.63, 3.8) is 0 Å². The minimum atomic E-state index is -0.100. The van der Waals surface area contributed by atoms with E-state index in [1.54, 1.807) is 6.07 Å². The molecule has 0 heterocycles. The Bertz CT molecular complexity index is 407. The molecule has 0 aliphatic carbocycles. The summed E-state index contributed by atoms with van der Waals surface area (Å²) in [6.45, 7) is 4.58. The van der Waals surface area contributed by atoms with E-state index in [-0.39, 0.29) is 5.91 Å². The highest BCUT2D eigenvalue weighted by molar-refractivity contribution is 9.11. The maximum atomic E-state index is 11.8. The molecule has 0 radical (unpaired) electrons. The van der Waals surface area contributed by atoms with Crippen LogP contribution in [0.1, 0.15) is 16.8 Å². The number of halogens is 2. The third kappa shape index (κ3) is 4.91. The molecule has 1 aromatic carbocycles. The molecule has 0 unspecified atom stereocenters. The largest absolute Gasteiger partial charge is 0.502 e. The number of amides is 1. The molecule has 3 nitrogen and oxygen atoms in total. The van der Waals surface area contributed by atoms with Crippen molar-refractivity contribution < 1.29 is 9.53 Å². The van der Waals surface area contributed by atoms with Gasteiger partial charge in [0.05, 0.1) is 18.4 Å². The van der Waals surface area contributed by atoms with Crippen molar-refractivity contribution in [3.05, 3.63) is 45.5 Å². The molecule has 1 aromatic rings. The zero-order valence-electron chi connectivity index (χ0n) is 9.21. The van der Waals surface area contributed by atoms with Gasteiger partial charge in [0, 0.05) is 15.5 Å². The van der Waals surface area contributed by atoms with E-state index in [2.05, 4.69) is 43.8 Å². The highest BCUT2D eigenvalue weighted by Crippen LogP contribution is 2.21. The first-order valence-electron chi connectivity index (χ1n) is 5.11. The van der Waals surface area contributed by atoms with Crippen molar-refractivity contribution in [1.29, 1.82) is 0 Å². The molecule has 1 amide bonds. The first-order valence-corrected chi connectivity index (χ1v) is 6.69. The average Bonchev–Trinajstić information content (AvgIpc) is 2.32. The van der Waals surface area contributed by atoms with Crippen LogP contribution in [0, 0.1) is 0 Å². The Morgan fingerprint density at radius 1 is 1.47 bits per heavy atom. The molecular formula is C12H13Br2NO2. The third-order valence-electron chi connectivity index (χ3n) is 2.02. The van der Waals surface area contributed by atoms with Crippen LogP contribution in [0.15, 0.2) is 40.0 Å². The molecule has 0 aliphatic heterocycles. The quantitative estimate of drug-likeness (QED) is 0.621. The Balaban J connectivity index is 2.46. The Morgan fingerprint density at radius 3 is 2.94 bits per heavy atom. The molecule has 0 saturated carbocycles. The minimum absolute atomic E-state index is 0.100. The summed E-state index contributed by atoms with van der Waals surface area (Å²) in [7, 11) is 0. The van der Waals surface area contributed by atoms with E-state index in [1.165, 1.54) is 6.26 Å². The number of carbonyl (C=O) groups is 1. The van der Waals surface area contributed by atoms with Crippen molar-refractivity contribution in [3.8, 4) is 0 Å². The smallest absolute Gasteiger partial charge is 0.252 e. The predicted molar refractivity (Wildman–Crippen MR) is 74.9 cm³/mol. The fraction of sp³-hybridized carbons (Fsp3) is 0.250. The molecule has 1 N–H and O–H groups in total. The van der Waals surface area contributed by atoms with Crippen LogP contribution >= 0.6 is 31.9 Å². The molecule has 0 fully saturated rings. The van der Waals surface area contributed by atoms with Gasteiger partial charge in [-0.1, -0.05) is 22.5 Å². The zero-order valence-corrected chi connectivity index (χ0v) is 12.4. The number of ether oxygens (including phenoxy) is 1. The van der Waals surface area contributed by atoms with E-state index >= 15 is 0 Å². The first-order chi connectivity index (χ1) is 8.15. The predicted octanol–water partition coefficient (Wildman–Crippen LogP) is 3.49. The van der Waals surface area contributed by atoms with Crippen LogP contribution < -0.4 is 5.32 Å². The van der Waals surface area contributed by atoms with Gasteiger partial charge in [0.25, 0.3) is 5.91 Å². The number of rotatable bonds is 6. The average molecular weight is 363 g/mol. The number of carbonyl (C=O) groups excluding carboxylic acids is 1. The van der Waals surface area contributed by atoms with Crippen molar-refractivity contribution >= 4 is 37.8 Å². The normalized spacial score (nSPS) is 9.76. The van der Waals surface area contributed by atoms with Crippen LogP contribution in [0.5, 0.6) is 0 Å². The molecule has 0 spiro atoms. The molecule has 5 heteroatoms. The summed E-state index contributed by atoms with van der Waals surface area (Å²) in [5.74, 6) is -0.100. The Labute approximate surface area is 117 Å². The topological polar surface area (TPSA) is 38.3 Å². The van der Waals surface area contributed by atoms with Gasteiger partial charge in [0.1, 0.15) is 0 Å². The summed E-state index contributed by atoms with van der Waals surface area (Å²) in [6.07, 6.45) is 2.15. The summed E-state index contributed by atoms with van der Waals surface area (Å²) in [5, 5.41) is 2.82. The molecule has 0 atom stereocenters. The van der Waals surface area contributed by atoms with Crippen LogP contribution in [0.25, 0.3) is 0 Å². The van der Waals surface area contributed by atoms with Crippen LogP contribution in [0.2, 0.25) is 0 Å². The monoisotopic (exact) mass is 361 g/mol. The number of hydrogen-bond donors (Lipinski definition) is 1. The summed E-state index contributed by atoms with van der Waals surface area (Å²) in [6, 6.07) is 5.48. The lowest BCUT2D eigenvalue weighted by atomic mass is 10.2. The van der Waals surface area contributed by atoms with Crippen molar-refractivity contribution in [1.82, 2.24) is 5.32 Å². The van der Waals surface area contributed by atoms with E-state index in [9.17, 15) is 4.79 Å². The number of hydrogen-bond acceptors (Lipinski definition) is 2. The van der Waals surface area contributed by atoms with Crippen molar-refractivity contribution in [2.45, 2.75) is 6.42 Å². The zero-order chi connectivity index (χ0) is 12.7. The summed E-state index contributed by atoms with van der Waals surface area (Å²) in [4.78, 5) is 11.8. The van der Waals surface area contributed by atoms with Gasteiger partial charge in [-0.05, 0) is 40.5 Å². The van der Waals surface area contributed by atoms with E-state index in [1.807, 2.05) is 12.1 Å². The lowest BCUT2D eigenvalue weighted by Crippen LogP contribution is -2.25. The molecule has 0 aromatic heterocycles. The van der Waals surface area contributed by atoms with Gasteiger partial charge < -0.3 is 10.1 Å². The second kappa shape index (κ2) is 7.50. The highest BCUT2D eigenvalue weighted by atomic mass is 79.9. The van der Waals surface area contributed by atoms with Gasteiger partial charge >= 0.3 is 0 Å². The lowest BCUT2D eigenvalue weighted by molar-refractivity contribution is 0.0949.